The highest BCUT2D eigenvalue weighted by Gasteiger charge is 2.14. The Balaban J connectivity index is 2.72. The summed E-state index contributed by atoms with van der Waals surface area (Å²) in [7, 11) is 0. The molecule has 0 saturated heterocycles. The van der Waals surface area contributed by atoms with E-state index < -0.39 is 5.97 Å². The molecule has 0 amide bonds. The predicted octanol–water partition coefficient (Wildman–Crippen LogP) is 1.58. The highest BCUT2D eigenvalue weighted by Crippen LogP contribution is 2.21. The van der Waals surface area contributed by atoms with Crippen LogP contribution in [0.3, 0.4) is 0 Å². The molecular formula is C11H11N3O2. The quantitative estimate of drug-likeness (QED) is 0.829. The SMILES string of the molecule is Cc1cc(C)c(-n2cnnc2)c(C(=O)O)c1. The lowest BCUT2D eigenvalue weighted by Crippen LogP contribution is -2.07. The molecule has 0 spiro atoms. The summed E-state index contributed by atoms with van der Waals surface area (Å²) in [6, 6.07) is 3.58. The molecule has 1 heterocycles. The molecule has 2 aromatic rings. The first-order chi connectivity index (χ1) is 7.59. The van der Waals surface area contributed by atoms with Gasteiger partial charge in [0.1, 0.15) is 12.7 Å². The number of hydrogen-bond donors (Lipinski definition) is 1. The molecule has 5 nitrogen and oxygen atoms in total. The Morgan fingerprint density at radius 3 is 2.44 bits per heavy atom. The smallest absolute Gasteiger partial charge is 0.337 e. The van der Waals surface area contributed by atoms with Crippen LogP contribution >= 0.6 is 0 Å². The second-order valence-electron chi connectivity index (χ2n) is 3.65. The summed E-state index contributed by atoms with van der Waals surface area (Å²) in [5, 5.41) is 16.5. The van der Waals surface area contributed by atoms with Gasteiger partial charge in [0.25, 0.3) is 0 Å². The van der Waals surface area contributed by atoms with Gasteiger partial charge in [0, 0.05) is 0 Å². The van der Waals surface area contributed by atoms with Crippen molar-refractivity contribution in [2.45, 2.75) is 13.8 Å². The van der Waals surface area contributed by atoms with Crippen LogP contribution in [0.5, 0.6) is 0 Å². The van der Waals surface area contributed by atoms with Gasteiger partial charge < -0.3 is 5.11 Å². The first-order valence-corrected chi connectivity index (χ1v) is 4.79. The minimum atomic E-state index is -0.949. The van der Waals surface area contributed by atoms with E-state index in [-0.39, 0.29) is 5.56 Å². The molecule has 5 heteroatoms. The molecule has 0 radical (unpaired) electrons. The van der Waals surface area contributed by atoms with Crippen LogP contribution in [-0.4, -0.2) is 25.8 Å². The number of carboxylic acids is 1. The average molecular weight is 217 g/mol. The number of carboxylic acid groups (broad SMARTS) is 1. The highest BCUT2D eigenvalue weighted by atomic mass is 16.4. The molecule has 0 aliphatic rings. The Morgan fingerprint density at radius 2 is 1.88 bits per heavy atom. The molecule has 0 atom stereocenters. The fourth-order valence-corrected chi connectivity index (χ4v) is 1.78. The Hall–Kier alpha value is -2.17. The number of aromatic carboxylic acids is 1. The van der Waals surface area contributed by atoms with Gasteiger partial charge in [-0.2, -0.15) is 0 Å². The van der Waals surface area contributed by atoms with Crippen molar-refractivity contribution < 1.29 is 9.90 Å². The van der Waals surface area contributed by atoms with Crippen LogP contribution in [0.2, 0.25) is 0 Å². The molecule has 1 aromatic carbocycles. The van der Waals surface area contributed by atoms with E-state index >= 15 is 0 Å². The number of hydrogen-bond acceptors (Lipinski definition) is 3. The molecule has 1 aromatic heterocycles. The molecule has 0 unspecified atom stereocenters. The minimum Gasteiger partial charge on any atom is -0.478 e. The first kappa shape index (κ1) is 10.4. The lowest BCUT2D eigenvalue weighted by Gasteiger charge is -2.11. The van der Waals surface area contributed by atoms with Crippen molar-refractivity contribution in [1.29, 1.82) is 0 Å². The topological polar surface area (TPSA) is 68.0 Å². The van der Waals surface area contributed by atoms with Gasteiger partial charge in [-0.25, -0.2) is 4.79 Å². The molecule has 0 bridgehead atoms. The summed E-state index contributed by atoms with van der Waals surface area (Å²) in [6.45, 7) is 3.74. The molecule has 0 saturated carbocycles. The van der Waals surface area contributed by atoms with Gasteiger partial charge in [-0.05, 0) is 31.0 Å². The van der Waals surface area contributed by atoms with Crippen molar-refractivity contribution >= 4 is 5.97 Å². The van der Waals surface area contributed by atoms with Crippen molar-refractivity contribution in [2.75, 3.05) is 0 Å². The van der Waals surface area contributed by atoms with Gasteiger partial charge in [0.15, 0.2) is 0 Å². The van der Waals surface area contributed by atoms with Crippen LogP contribution in [0.4, 0.5) is 0 Å². The van der Waals surface area contributed by atoms with E-state index in [1.807, 2.05) is 19.9 Å². The maximum Gasteiger partial charge on any atom is 0.337 e. The van der Waals surface area contributed by atoms with E-state index in [4.69, 9.17) is 5.11 Å². The summed E-state index contributed by atoms with van der Waals surface area (Å²) in [5.41, 5.74) is 2.68. The Bertz CT molecular complexity index is 532. The van der Waals surface area contributed by atoms with Gasteiger partial charge in [0.2, 0.25) is 0 Å². The number of benzene rings is 1. The fraction of sp³-hybridized carbons (Fsp3) is 0.182. The van der Waals surface area contributed by atoms with E-state index in [0.717, 1.165) is 11.1 Å². The van der Waals surface area contributed by atoms with Gasteiger partial charge >= 0.3 is 5.97 Å². The van der Waals surface area contributed by atoms with E-state index in [1.54, 1.807) is 10.6 Å². The van der Waals surface area contributed by atoms with E-state index in [1.165, 1.54) is 12.7 Å². The maximum absolute atomic E-state index is 11.2. The molecule has 16 heavy (non-hydrogen) atoms. The standard InChI is InChI=1S/C11H11N3O2/c1-7-3-8(2)10(9(4-7)11(15)16)14-5-12-13-6-14/h3-6H,1-2H3,(H,15,16). The maximum atomic E-state index is 11.2. The number of nitrogens with zero attached hydrogens (tertiary/aromatic N) is 3. The second-order valence-corrected chi connectivity index (χ2v) is 3.65. The normalized spacial score (nSPS) is 10.4. The van der Waals surface area contributed by atoms with Crippen molar-refractivity contribution in [1.82, 2.24) is 14.8 Å². The van der Waals surface area contributed by atoms with Gasteiger partial charge in [-0.3, -0.25) is 4.57 Å². The van der Waals surface area contributed by atoms with Crippen LogP contribution in [0.1, 0.15) is 21.5 Å². The van der Waals surface area contributed by atoms with Gasteiger partial charge in [0.05, 0.1) is 11.3 Å². The van der Waals surface area contributed by atoms with Crippen molar-refractivity contribution in [3.63, 3.8) is 0 Å². The number of aromatic nitrogens is 3. The zero-order chi connectivity index (χ0) is 11.7. The van der Waals surface area contributed by atoms with Crippen LogP contribution in [0, 0.1) is 13.8 Å². The third-order valence-corrected chi connectivity index (χ3v) is 2.35. The van der Waals surface area contributed by atoms with Crippen LogP contribution in [0.15, 0.2) is 24.8 Å². The molecule has 82 valence electrons. The zero-order valence-corrected chi connectivity index (χ0v) is 9.01. The van der Waals surface area contributed by atoms with E-state index in [2.05, 4.69) is 10.2 Å². The molecule has 0 aliphatic heterocycles. The van der Waals surface area contributed by atoms with E-state index in [9.17, 15) is 4.79 Å². The second kappa shape index (κ2) is 3.77. The van der Waals surface area contributed by atoms with Crippen LogP contribution < -0.4 is 0 Å². The van der Waals surface area contributed by atoms with Crippen molar-refractivity contribution in [3.8, 4) is 5.69 Å². The van der Waals surface area contributed by atoms with Gasteiger partial charge in [-0.15, -0.1) is 10.2 Å². The number of rotatable bonds is 2. The third kappa shape index (κ3) is 1.67. The summed E-state index contributed by atoms with van der Waals surface area (Å²) in [6.07, 6.45) is 2.98. The number of aryl methyl sites for hydroxylation is 2. The molecular weight excluding hydrogens is 206 g/mol. The highest BCUT2D eigenvalue weighted by molar-refractivity contribution is 5.92. The summed E-state index contributed by atoms with van der Waals surface area (Å²) < 4.78 is 1.61. The predicted molar refractivity (Wildman–Crippen MR) is 57.8 cm³/mol. The fourth-order valence-electron chi connectivity index (χ4n) is 1.78. The monoisotopic (exact) mass is 217 g/mol. The average Bonchev–Trinajstić information content (AvgIpc) is 2.69. The largest absolute Gasteiger partial charge is 0.478 e. The lowest BCUT2D eigenvalue weighted by atomic mass is 10.0. The van der Waals surface area contributed by atoms with Crippen LogP contribution in [-0.2, 0) is 0 Å². The molecule has 0 fully saturated rings. The van der Waals surface area contributed by atoms with E-state index in [0.29, 0.717) is 5.69 Å². The summed E-state index contributed by atoms with van der Waals surface area (Å²) in [5.74, 6) is -0.949. The molecule has 2 rings (SSSR count). The Kier molecular flexibility index (Phi) is 2.44. The number of carbonyl (C=O) groups is 1. The minimum absolute atomic E-state index is 0.261. The van der Waals surface area contributed by atoms with Gasteiger partial charge in [-0.1, -0.05) is 6.07 Å². The van der Waals surface area contributed by atoms with Crippen molar-refractivity contribution in [2.24, 2.45) is 0 Å². The Labute approximate surface area is 92.4 Å². The lowest BCUT2D eigenvalue weighted by molar-refractivity contribution is 0.0696. The third-order valence-electron chi connectivity index (χ3n) is 2.35. The summed E-state index contributed by atoms with van der Waals surface area (Å²) in [4.78, 5) is 11.2. The molecule has 1 N–H and O–H groups in total. The van der Waals surface area contributed by atoms with Crippen LogP contribution in [0.25, 0.3) is 5.69 Å². The Morgan fingerprint density at radius 1 is 1.25 bits per heavy atom. The van der Waals surface area contributed by atoms with Crippen molar-refractivity contribution in [3.05, 3.63) is 41.5 Å². The summed E-state index contributed by atoms with van der Waals surface area (Å²) >= 11 is 0. The first-order valence-electron chi connectivity index (χ1n) is 4.79. The molecule has 0 aliphatic carbocycles. The zero-order valence-electron chi connectivity index (χ0n) is 9.01.